The molecule has 27 heavy (non-hydrogen) atoms. The van der Waals surface area contributed by atoms with E-state index in [9.17, 15) is 0 Å². The van der Waals surface area contributed by atoms with Gasteiger partial charge in [-0.1, -0.05) is 121 Å². The molecular formula is C27H22. The standard InChI is InChI=1S/C27H22/c1-21-7-13-24(14-8-21)26-17-19-27(20-18-26)25-15-11-23(12-16-25)10-9-22-5-3-2-4-6-22/h2-20H,1H3/b10-9+. The predicted octanol–water partition coefficient (Wildman–Crippen LogP) is 7.50. The van der Waals surface area contributed by atoms with Crippen LogP contribution in [0.1, 0.15) is 16.7 Å². The second kappa shape index (κ2) is 7.88. The minimum atomic E-state index is 1.21. The topological polar surface area (TPSA) is 0 Å². The maximum atomic E-state index is 2.20. The van der Waals surface area contributed by atoms with Gasteiger partial charge in [-0.2, -0.15) is 0 Å². The Hall–Kier alpha value is -3.38. The van der Waals surface area contributed by atoms with Gasteiger partial charge >= 0.3 is 0 Å². The maximum Gasteiger partial charge on any atom is -0.0184 e. The minimum Gasteiger partial charge on any atom is -0.0622 e. The van der Waals surface area contributed by atoms with Crippen molar-refractivity contribution in [1.82, 2.24) is 0 Å². The molecule has 0 fully saturated rings. The molecule has 4 rings (SSSR count). The highest BCUT2D eigenvalue weighted by Gasteiger charge is 2.00. The van der Waals surface area contributed by atoms with Crippen LogP contribution >= 0.6 is 0 Å². The molecule has 0 amide bonds. The highest BCUT2D eigenvalue weighted by molar-refractivity contribution is 5.73. The van der Waals surface area contributed by atoms with Crippen LogP contribution in [-0.2, 0) is 0 Å². The van der Waals surface area contributed by atoms with Crippen molar-refractivity contribution in [3.63, 3.8) is 0 Å². The summed E-state index contributed by atoms with van der Waals surface area (Å²) in [5.41, 5.74) is 8.70. The Morgan fingerprint density at radius 3 is 1.26 bits per heavy atom. The summed E-state index contributed by atoms with van der Waals surface area (Å²) in [4.78, 5) is 0. The summed E-state index contributed by atoms with van der Waals surface area (Å²) in [7, 11) is 0. The molecule has 0 spiro atoms. The van der Waals surface area contributed by atoms with Crippen LogP contribution < -0.4 is 0 Å². The van der Waals surface area contributed by atoms with Gasteiger partial charge in [-0.05, 0) is 40.3 Å². The Morgan fingerprint density at radius 2 is 0.778 bits per heavy atom. The Kier molecular flexibility index (Phi) is 4.98. The van der Waals surface area contributed by atoms with E-state index in [-0.39, 0.29) is 0 Å². The lowest BCUT2D eigenvalue weighted by Gasteiger charge is -2.06. The zero-order chi connectivity index (χ0) is 18.5. The zero-order valence-electron chi connectivity index (χ0n) is 15.5. The lowest BCUT2D eigenvalue weighted by molar-refractivity contribution is 1.47. The van der Waals surface area contributed by atoms with Crippen LogP contribution in [0, 0.1) is 6.92 Å². The first kappa shape index (κ1) is 17.1. The van der Waals surface area contributed by atoms with Gasteiger partial charge in [-0.25, -0.2) is 0 Å². The molecule has 0 aliphatic rings. The van der Waals surface area contributed by atoms with Crippen molar-refractivity contribution < 1.29 is 0 Å². The normalized spacial score (nSPS) is 11.0. The van der Waals surface area contributed by atoms with Crippen LogP contribution in [0.25, 0.3) is 34.4 Å². The first-order valence-corrected chi connectivity index (χ1v) is 9.29. The van der Waals surface area contributed by atoms with E-state index in [2.05, 4.69) is 116 Å². The van der Waals surface area contributed by atoms with E-state index in [0.717, 1.165) is 0 Å². The molecule has 0 bridgehead atoms. The summed E-state index contributed by atoms with van der Waals surface area (Å²) < 4.78 is 0. The summed E-state index contributed by atoms with van der Waals surface area (Å²) in [5, 5.41) is 0. The second-order valence-corrected chi connectivity index (χ2v) is 6.81. The van der Waals surface area contributed by atoms with E-state index < -0.39 is 0 Å². The Labute approximate surface area is 161 Å². The summed E-state index contributed by atoms with van der Waals surface area (Å²) in [6.45, 7) is 2.12. The molecular weight excluding hydrogens is 324 g/mol. The van der Waals surface area contributed by atoms with Crippen molar-refractivity contribution in [2.45, 2.75) is 6.92 Å². The monoisotopic (exact) mass is 346 g/mol. The number of benzene rings is 4. The molecule has 0 atom stereocenters. The van der Waals surface area contributed by atoms with Gasteiger partial charge in [0.15, 0.2) is 0 Å². The van der Waals surface area contributed by atoms with Crippen molar-refractivity contribution in [2.24, 2.45) is 0 Å². The van der Waals surface area contributed by atoms with Crippen molar-refractivity contribution >= 4 is 12.2 Å². The lowest BCUT2D eigenvalue weighted by atomic mass is 9.99. The molecule has 0 radical (unpaired) electrons. The van der Waals surface area contributed by atoms with Gasteiger partial charge in [0.2, 0.25) is 0 Å². The maximum absolute atomic E-state index is 2.20. The predicted molar refractivity (Wildman–Crippen MR) is 117 cm³/mol. The Morgan fingerprint density at radius 1 is 0.407 bits per heavy atom. The third-order valence-corrected chi connectivity index (χ3v) is 4.78. The van der Waals surface area contributed by atoms with E-state index in [1.54, 1.807) is 0 Å². The summed E-state index contributed by atoms with van der Waals surface area (Å²) in [6.07, 6.45) is 4.30. The fourth-order valence-electron chi connectivity index (χ4n) is 3.14. The average Bonchev–Trinajstić information content (AvgIpc) is 2.74. The lowest BCUT2D eigenvalue weighted by Crippen LogP contribution is -1.81. The van der Waals surface area contributed by atoms with Crippen molar-refractivity contribution in [2.75, 3.05) is 0 Å². The van der Waals surface area contributed by atoms with Crippen LogP contribution in [0.2, 0.25) is 0 Å². The zero-order valence-corrected chi connectivity index (χ0v) is 15.5. The molecule has 0 aliphatic carbocycles. The van der Waals surface area contributed by atoms with Gasteiger partial charge in [0.05, 0.1) is 0 Å². The fraction of sp³-hybridized carbons (Fsp3) is 0.0370. The number of rotatable bonds is 4. The molecule has 0 aromatic heterocycles. The summed E-state index contributed by atoms with van der Waals surface area (Å²) >= 11 is 0. The van der Waals surface area contributed by atoms with Gasteiger partial charge in [-0.3, -0.25) is 0 Å². The smallest absolute Gasteiger partial charge is 0.0184 e. The number of aryl methyl sites for hydroxylation is 1. The molecule has 0 heterocycles. The van der Waals surface area contributed by atoms with Gasteiger partial charge in [0.1, 0.15) is 0 Å². The van der Waals surface area contributed by atoms with Gasteiger partial charge < -0.3 is 0 Å². The highest BCUT2D eigenvalue weighted by Crippen LogP contribution is 2.25. The van der Waals surface area contributed by atoms with Gasteiger partial charge in [0.25, 0.3) is 0 Å². The molecule has 130 valence electrons. The van der Waals surface area contributed by atoms with Crippen LogP contribution in [0.3, 0.4) is 0 Å². The van der Waals surface area contributed by atoms with E-state index >= 15 is 0 Å². The van der Waals surface area contributed by atoms with Crippen LogP contribution in [0.15, 0.2) is 103 Å². The molecule has 4 aromatic carbocycles. The molecule has 0 nitrogen and oxygen atoms in total. The average molecular weight is 346 g/mol. The first-order chi connectivity index (χ1) is 13.3. The molecule has 0 heteroatoms. The summed E-state index contributed by atoms with van der Waals surface area (Å²) in [5.74, 6) is 0. The minimum absolute atomic E-state index is 1.21. The van der Waals surface area contributed by atoms with Crippen molar-refractivity contribution in [3.05, 3.63) is 120 Å². The molecule has 0 N–H and O–H groups in total. The van der Waals surface area contributed by atoms with Gasteiger partial charge in [0, 0.05) is 0 Å². The van der Waals surface area contributed by atoms with Crippen LogP contribution in [-0.4, -0.2) is 0 Å². The Balaban J connectivity index is 1.50. The Bertz CT molecular complexity index is 1020. The van der Waals surface area contributed by atoms with E-state index in [4.69, 9.17) is 0 Å². The van der Waals surface area contributed by atoms with E-state index in [1.807, 2.05) is 6.07 Å². The summed E-state index contributed by atoms with van der Waals surface area (Å²) in [6, 6.07) is 36.6. The largest absolute Gasteiger partial charge is 0.0622 e. The number of hydrogen-bond donors (Lipinski definition) is 0. The van der Waals surface area contributed by atoms with Crippen molar-refractivity contribution in [3.8, 4) is 22.3 Å². The molecule has 4 aromatic rings. The highest BCUT2D eigenvalue weighted by atomic mass is 14.1. The third-order valence-electron chi connectivity index (χ3n) is 4.78. The van der Waals surface area contributed by atoms with Crippen LogP contribution in [0.4, 0.5) is 0 Å². The SMILES string of the molecule is Cc1ccc(-c2ccc(-c3ccc(/C=C/c4ccccc4)cc3)cc2)cc1. The first-order valence-electron chi connectivity index (χ1n) is 9.29. The fourth-order valence-corrected chi connectivity index (χ4v) is 3.14. The quantitative estimate of drug-likeness (QED) is 0.336. The molecule has 0 saturated heterocycles. The molecule has 0 unspecified atom stereocenters. The van der Waals surface area contributed by atoms with Crippen molar-refractivity contribution in [1.29, 1.82) is 0 Å². The molecule has 0 saturated carbocycles. The van der Waals surface area contributed by atoms with E-state index in [1.165, 1.54) is 38.9 Å². The second-order valence-electron chi connectivity index (χ2n) is 6.81. The number of hydrogen-bond acceptors (Lipinski definition) is 0. The third kappa shape index (κ3) is 4.24. The van der Waals surface area contributed by atoms with Crippen LogP contribution in [0.5, 0.6) is 0 Å². The molecule has 0 aliphatic heterocycles. The van der Waals surface area contributed by atoms with E-state index in [0.29, 0.717) is 0 Å². The van der Waals surface area contributed by atoms with Gasteiger partial charge in [-0.15, -0.1) is 0 Å².